The fraction of sp³-hybridized carbons (Fsp3) is 0. The van der Waals surface area contributed by atoms with Gasteiger partial charge in [0.1, 0.15) is 0 Å². The van der Waals surface area contributed by atoms with Crippen LogP contribution in [0, 0.1) is 0 Å². The highest BCUT2D eigenvalue weighted by molar-refractivity contribution is 6.01. The molecule has 2 rings (SSSR count). The van der Waals surface area contributed by atoms with Gasteiger partial charge in [-0.05, 0) is 12.1 Å². The Kier molecular flexibility index (Phi) is 1.45. The molecule has 2 aromatic rings. The third kappa shape index (κ3) is 1.01. The number of aromatic carboxylic acids is 1. The second-order valence-corrected chi connectivity index (χ2v) is 2.62. The summed E-state index contributed by atoms with van der Waals surface area (Å²) in [5, 5.41) is 9.37. The van der Waals surface area contributed by atoms with Crippen molar-refractivity contribution in [3.05, 3.63) is 30.1 Å². The molecule has 5 heteroatoms. The lowest BCUT2D eigenvalue weighted by atomic mass is 10.2. The summed E-state index contributed by atoms with van der Waals surface area (Å²) in [6, 6.07) is 3.08. The van der Waals surface area contributed by atoms with E-state index in [1.165, 1.54) is 16.9 Å². The molecule has 0 saturated heterocycles. The first-order valence-corrected chi connectivity index (χ1v) is 3.64. The van der Waals surface area contributed by atoms with E-state index in [1.807, 2.05) is 0 Å². The molecule has 66 valence electrons. The Morgan fingerprint density at radius 2 is 2.31 bits per heavy atom. The number of hydrogen-bond acceptors (Lipinski definition) is 3. The molecule has 5 nitrogen and oxygen atoms in total. The summed E-state index contributed by atoms with van der Waals surface area (Å²) in [5.74, 6) is 4.53. The monoisotopic (exact) mass is 177 g/mol. The molecule has 0 aliphatic carbocycles. The smallest absolute Gasteiger partial charge is 0.336 e. The molecule has 0 fully saturated rings. The van der Waals surface area contributed by atoms with Gasteiger partial charge in [-0.1, -0.05) is 0 Å². The Hall–Kier alpha value is -2.04. The van der Waals surface area contributed by atoms with Crippen molar-refractivity contribution in [2.24, 2.45) is 0 Å². The zero-order valence-electron chi connectivity index (χ0n) is 6.64. The van der Waals surface area contributed by atoms with Gasteiger partial charge in [-0.3, -0.25) is 4.68 Å². The van der Waals surface area contributed by atoms with Crippen LogP contribution in [0.2, 0.25) is 0 Å². The maximum atomic E-state index is 10.7. The van der Waals surface area contributed by atoms with Crippen molar-refractivity contribution in [2.75, 3.05) is 5.84 Å². The van der Waals surface area contributed by atoms with Crippen LogP contribution in [-0.4, -0.2) is 20.7 Å². The second kappa shape index (κ2) is 2.48. The molecule has 0 aliphatic heterocycles. The second-order valence-electron chi connectivity index (χ2n) is 2.62. The Bertz CT molecular complexity index is 475. The number of fused-ring (bicyclic) bond motifs is 1. The Morgan fingerprint density at radius 3 is 3.00 bits per heavy atom. The standard InChI is InChI=1S/C8H7N3O2/c9-11-4-2-5-6(8(12)13)1-3-10-7(5)11/h1-4H,9H2,(H,12,13). The number of hydrogen-bond donors (Lipinski definition) is 2. The van der Waals surface area contributed by atoms with Crippen molar-refractivity contribution >= 4 is 17.0 Å². The van der Waals surface area contributed by atoms with Crippen LogP contribution in [0.3, 0.4) is 0 Å². The average Bonchev–Trinajstić information content (AvgIpc) is 2.48. The molecule has 0 unspecified atom stereocenters. The van der Waals surface area contributed by atoms with Gasteiger partial charge in [-0.25, -0.2) is 9.78 Å². The fourth-order valence-electron chi connectivity index (χ4n) is 1.24. The molecule has 0 spiro atoms. The molecule has 3 N–H and O–H groups in total. The molecule has 0 aromatic carbocycles. The minimum atomic E-state index is -0.974. The summed E-state index contributed by atoms with van der Waals surface area (Å²) in [4.78, 5) is 14.7. The summed E-state index contributed by atoms with van der Waals surface area (Å²) in [6.45, 7) is 0. The van der Waals surface area contributed by atoms with Crippen molar-refractivity contribution in [2.45, 2.75) is 0 Å². The van der Waals surface area contributed by atoms with E-state index in [4.69, 9.17) is 10.9 Å². The fourth-order valence-corrected chi connectivity index (χ4v) is 1.24. The SMILES string of the molecule is Nn1ccc2c(C(=O)O)ccnc21. The van der Waals surface area contributed by atoms with Crippen LogP contribution < -0.4 is 5.84 Å². The molecule has 0 radical (unpaired) electrons. The number of carboxylic acid groups (broad SMARTS) is 1. The number of nitrogen functional groups attached to an aromatic ring is 1. The third-order valence-corrected chi connectivity index (χ3v) is 1.85. The van der Waals surface area contributed by atoms with E-state index in [0.29, 0.717) is 11.0 Å². The molecule has 13 heavy (non-hydrogen) atoms. The number of rotatable bonds is 1. The van der Waals surface area contributed by atoms with Gasteiger partial charge in [0.15, 0.2) is 5.65 Å². The van der Waals surface area contributed by atoms with Crippen LogP contribution in [0.4, 0.5) is 0 Å². The van der Waals surface area contributed by atoms with Gasteiger partial charge in [-0.2, -0.15) is 0 Å². The van der Waals surface area contributed by atoms with Gasteiger partial charge < -0.3 is 10.9 Å². The first-order valence-electron chi connectivity index (χ1n) is 3.64. The summed E-state index contributed by atoms with van der Waals surface area (Å²) in [5.41, 5.74) is 0.689. The molecular weight excluding hydrogens is 170 g/mol. The van der Waals surface area contributed by atoms with Crippen LogP contribution in [0.25, 0.3) is 11.0 Å². The lowest BCUT2D eigenvalue weighted by Gasteiger charge is -1.97. The molecule has 0 bridgehead atoms. The first-order chi connectivity index (χ1) is 6.20. The zero-order chi connectivity index (χ0) is 9.42. The lowest BCUT2D eigenvalue weighted by Crippen LogP contribution is -2.07. The molecular formula is C8H7N3O2. The highest BCUT2D eigenvalue weighted by atomic mass is 16.4. The van der Waals surface area contributed by atoms with Crippen molar-refractivity contribution in [3.63, 3.8) is 0 Å². The summed E-state index contributed by atoms with van der Waals surface area (Å²) in [6.07, 6.45) is 3.00. The van der Waals surface area contributed by atoms with E-state index in [1.54, 1.807) is 12.3 Å². The maximum absolute atomic E-state index is 10.7. The van der Waals surface area contributed by atoms with Crippen LogP contribution in [0.15, 0.2) is 24.5 Å². The van der Waals surface area contributed by atoms with Crippen molar-refractivity contribution < 1.29 is 9.90 Å². The quantitative estimate of drug-likeness (QED) is 0.619. The van der Waals surface area contributed by atoms with E-state index in [9.17, 15) is 4.79 Å². The average molecular weight is 177 g/mol. The number of aromatic nitrogens is 2. The van der Waals surface area contributed by atoms with Crippen LogP contribution in [0.1, 0.15) is 10.4 Å². The Labute approximate surface area is 73.4 Å². The number of nitrogens with two attached hydrogens (primary N) is 1. The van der Waals surface area contributed by atoms with Crippen LogP contribution in [0.5, 0.6) is 0 Å². The van der Waals surface area contributed by atoms with Gasteiger partial charge >= 0.3 is 5.97 Å². The molecule has 0 aliphatic rings. The largest absolute Gasteiger partial charge is 0.478 e. The minimum Gasteiger partial charge on any atom is -0.478 e. The summed E-state index contributed by atoms with van der Waals surface area (Å²) in [7, 11) is 0. The molecule has 2 heterocycles. The lowest BCUT2D eigenvalue weighted by molar-refractivity contribution is 0.0699. The summed E-state index contributed by atoms with van der Waals surface area (Å²) >= 11 is 0. The maximum Gasteiger partial charge on any atom is 0.336 e. The minimum absolute atomic E-state index is 0.217. The van der Waals surface area contributed by atoms with Crippen molar-refractivity contribution in [1.82, 2.24) is 9.66 Å². The number of carbonyl (C=O) groups is 1. The van der Waals surface area contributed by atoms with E-state index in [-0.39, 0.29) is 5.56 Å². The molecule has 0 atom stereocenters. The molecule has 2 aromatic heterocycles. The van der Waals surface area contributed by atoms with Gasteiger partial charge in [0.05, 0.1) is 5.56 Å². The zero-order valence-corrected chi connectivity index (χ0v) is 6.64. The Balaban J connectivity index is 2.84. The van der Waals surface area contributed by atoms with Gasteiger partial charge in [0, 0.05) is 17.8 Å². The highest BCUT2D eigenvalue weighted by Gasteiger charge is 2.10. The van der Waals surface area contributed by atoms with Crippen molar-refractivity contribution in [3.8, 4) is 0 Å². The summed E-state index contributed by atoms with van der Waals surface area (Å²) < 4.78 is 1.29. The van der Waals surface area contributed by atoms with E-state index < -0.39 is 5.97 Å². The Morgan fingerprint density at radius 1 is 1.54 bits per heavy atom. The van der Waals surface area contributed by atoms with Crippen LogP contribution in [-0.2, 0) is 0 Å². The van der Waals surface area contributed by atoms with Gasteiger partial charge in [0.25, 0.3) is 0 Å². The number of carboxylic acids is 1. The third-order valence-electron chi connectivity index (χ3n) is 1.85. The number of nitrogens with zero attached hydrogens (tertiary/aromatic N) is 2. The predicted molar refractivity (Wildman–Crippen MR) is 46.8 cm³/mol. The van der Waals surface area contributed by atoms with Crippen molar-refractivity contribution in [1.29, 1.82) is 0 Å². The van der Waals surface area contributed by atoms with E-state index >= 15 is 0 Å². The highest BCUT2D eigenvalue weighted by Crippen LogP contribution is 2.15. The normalized spacial score (nSPS) is 10.5. The number of pyridine rings is 1. The van der Waals surface area contributed by atoms with Crippen LogP contribution >= 0.6 is 0 Å². The molecule has 0 amide bonds. The predicted octanol–water partition coefficient (Wildman–Crippen LogP) is 0.448. The first kappa shape index (κ1) is 7.60. The van der Waals surface area contributed by atoms with Gasteiger partial charge in [-0.15, -0.1) is 0 Å². The van der Waals surface area contributed by atoms with E-state index in [0.717, 1.165) is 0 Å². The molecule has 0 saturated carbocycles. The van der Waals surface area contributed by atoms with E-state index in [2.05, 4.69) is 4.98 Å². The topological polar surface area (TPSA) is 81.1 Å². The van der Waals surface area contributed by atoms with Gasteiger partial charge in [0.2, 0.25) is 0 Å².